The SMILES string of the molecule is CCCc1cc(Cl)ccc1C1COc2ccc3cc2N(C1)CC1CCC1C(OC)CC(CC)[C@H](C)CS(=O)NC3=O. The van der Waals surface area contributed by atoms with E-state index in [-0.39, 0.29) is 23.8 Å². The van der Waals surface area contributed by atoms with Crippen LogP contribution in [0.2, 0.25) is 5.02 Å². The van der Waals surface area contributed by atoms with E-state index in [0.29, 0.717) is 35.7 Å². The number of carbonyl (C=O) groups is 1. The summed E-state index contributed by atoms with van der Waals surface area (Å²) in [5.74, 6) is 2.67. The Morgan fingerprint density at radius 2 is 1.98 bits per heavy atom. The Labute approximate surface area is 253 Å². The molecule has 2 aliphatic heterocycles. The molecule has 1 aliphatic carbocycles. The highest BCUT2D eigenvalue weighted by atomic mass is 35.5. The van der Waals surface area contributed by atoms with Gasteiger partial charge in [-0.1, -0.05) is 51.3 Å². The second-order valence-corrected chi connectivity index (χ2v) is 14.0. The smallest absolute Gasteiger partial charge is 0.263 e. The average Bonchev–Trinajstić information content (AvgIpc) is 3.11. The molecule has 2 aromatic carbocycles. The van der Waals surface area contributed by atoms with Crippen LogP contribution in [0.4, 0.5) is 5.69 Å². The average molecular weight is 601 g/mol. The van der Waals surface area contributed by atoms with Gasteiger partial charge in [-0.15, -0.1) is 0 Å². The van der Waals surface area contributed by atoms with Crippen LogP contribution in [0, 0.1) is 23.7 Å². The lowest BCUT2D eigenvalue weighted by Crippen LogP contribution is -2.45. The van der Waals surface area contributed by atoms with E-state index in [1.54, 1.807) is 6.07 Å². The molecule has 0 radical (unpaired) electrons. The molecule has 0 spiro atoms. The van der Waals surface area contributed by atoms with E-state index >= 15 is 0 Å². The molecule has 1 fully saturated rings. The third kappa shape index (κ3) is 6.78. The van der Waals surface area contributed by atoms with Gasteiger partial charge < -0.3 is 14.4 Å². The zero-order valence-corrected chi connectivity index (χ0v) is 26.4. The van der Waals surface area contributed by atoms with Gasteiger partial charge in [0.15, 0.2) is 0 Å². The van der Waals surface area contributed by atoms with Crippen LogP contribution in [-0.2, 0) is 22.1 Å². The molecule has 41 heavy (non-hydrogen) atoms. The normalized spacial score (nSPS) is 30.5. The number of aryl methyl sites for hydroxylation is 1. The molecule has 3 aliphatic rings. The van der Waals surface area contributed by atoms with Crippen molar-refractivity contribution in [3.63, 3.8) is 0 Å². The first-order valence-electron chi connectivity index (χ1n) is 15.3. The summed E-state index contributed by atoms with van der Waals surface area (Å²) in [6, 6.07) is 11.9. The Hall–Kier alpha value is -2.09. The minimum Gasteiger partial charge on any atom is -0.491 e. The molecular weight excluding hydrogens is 556 g/mol. The van der Waals surface area contributed by atoms with E-state index < -0.39 is 11.0 Å². The maximum Gasteiger partial charge on any atom is 0.263 e. The fourth-order valence-electron chi connectivity index (χ4n) is 7.17. The molecule has 6 unspecified atom stereocenters. The summed E-state index contributed by atoms with van der Waals surface area (Å²) in [5, 5.41) is 0.764. The van der Waals surface area contributed by atoms with Gasteiger partial charge in [-0.3, -0.25) is 9.52 Å². The van der Waals surface area contributed by atoms with Crippen LogP contribution in [0.1, 0.15) is 80.3 Å². The van der Waals surface area contributed by atoms with E-state index in [4.69, 9.17) is 21.1 Å². The number of halogens is 1. The number of amides is 1. The van der Waals surface area contributed by atoms with Gasteiger partial charge in [0.25, 0.3) is 5.91 Å². The number of rotatable bonds is 5. The minimum absolute atomic E-state index is 0.162. The van der Waals surface area contributed by atoms with Gasteiger partial charge in [0.2, 0.25) is 0 Å². The number of benzene rings is 2. The van der Waals surface area contributed by atoms with Gasteiger partial charge in [0.1, 0.15) is 16.7 Å². The highest BCUT2D eigenvalue weighted by Crippen LogP contribution is 2.44. The quantitative estimate of drug-likeness (QED) is 0.410. The molecule has 7 atom stereocenters. The third-order valence-corrected chi connectivity index (χ3v) is 11.2. The van der Waals surface area contributed by atoms with Crippen molar-refractivity contribution >= 4 is 34.2 Å². The fourth-order valence-corrected chi connectivity index (χ4v) is 8.53. The molecule has 1 amide bonds. The summed E-state index contributed by atoms with van der Waals surface area (Å²) in [6.07, 6.45) is 6.48. The molecule has 0 saturated heterocycles. The Balaban J connectivity index is 1.52. The Morgan fingerprint density at radius 1 is 1.15 bits per heavy atom. The Kier molecular flexibility index (Phi) is 9.98. The molecule has 2 bridgehead atoms. The van der Waals surface area contributed by atoms with Gasteiger partial charge in [0.05, 0.1) is 18.4 Å². The van der Waals surface area contributed by atoms with Crippen molar-refractivity contribution in [3.05, 3.63) is 58.1 Å². The summed E-state index contributed by atoms with van der Waals surface area (Å²) in [4.78, 5) is 15.7. The largest absolute Gasteiger partial charge is 0.491 e. The number of methoxy groups -OCH3 is 1. The van der Waals surface area contributed by atoms with Crippen LogP contribution in [0.3, 0.4) is 0 Å². The number of nitrogens with zero attached hydrogens (tertiary/aromatic N) is 1. The van der Waals surface area contributed by atoms with Gasteiger partial charge >= 0.3 is 0 Å². The number of fused-ring (bicyclic) bond motifs is 2. The molecule has 8 heteroatoms. The fraction of sp³-hybridized carbons (Fsp3) is 0.606. The molecule has 2 aromatic rings. The standard InChI is InChI=1S/C33H45ClN2O4S/c1-5-7-23-14-27(34)10-12-28(23)26-18-36-17-25-8-11-29(25)32(39-4)16-22(6-2)21(3)20-41(38)35-33(37)24-9-13-31(40-19-26)30(36)15-24/h9-10,12-15,21-22,25-26,29,32H,5-8,11,16-20H2,1-4H3,(H,35,37)/t21-,22?,25?,26?,29?,32?,41?/m1/s1. The number of ether oxygens (including phenoxy) is 2. The first kappa shape index (κ1) is 30.4. The Bertz CT molecular complexity index is 1260. The van der Waals surface area contributed by atoms with Crippen molar-refractivity contribution < 1.29 is 18.5 Å². The zero-order chi connectivity index (χ0) is 29.1. The third-order valence-electron chi connectivity index (χ3n) is 9.70. The van der Waals surface area contributed by atoms with Crippen molar-refractivity contribution in [1.29, 1.82) is 0 Å². The highest BCUT2D eigenvalue weighted by Gasteiger charge is 2.41. The van der Waals surface area contributed by atoms with Crippen LogP contribution in [0.5, 0.6) is 5.75 Å². The predicted octanol–water partition coefficient (Wildman–Crippen LogP) is 6.78. The highest BCUT2D eigenvalue weighted by molar-refractivity contribution is 7.83. The van der Waals surface area contributed by atoms with E-state index in [1.165, 1.54) is 24.0 Å². The lowest BCUT2D eigenvalue weighted by molar-refractivity contribution is -0.0330. The van der Waals surface area contributed by atoms with Gasteiger partial charge in [0, 0.05) is 42.5 Å². The molecule has 1 saturated carbocycles. The van der Waals surface area contributed by atoms with E-state index in [2.05, 4.69) is 42.5 Å². The molecule has 6 nitrogen and oxygen atoms in total. The van der Waals surface area contributed by atoms with E-state index in [0.717, 1.165) is 55.2 Å². The number of nitrogens with one attached hydrogen (secondary N) is 1. The second kappa shape index (κ2) is 13.5. The van der Waals surface area contributed by atoms with Crippen molar-refractivity contribution in [1.82, 2.24) is 4.72 Å². The van der Waals surface area contributed by atoms with Crippen LogP contribution >= 0.6 is 11.6 Å². The summed E-state index contributed by atoms with van der Waals surface area (Å²) >= 11 is 6.41. The lowest BCUT2D eigenvalue weighted by atomic mass is 9.68. The van der Waals surface area contributed by atoms with Gasteiger partial charge in [-0.2, -0.15) is 0 Å². The molecular formula is C33H45ClN2O4S. The van der Waals surface area contributed by atoms with E-state index in [9.17, 15) is 9.00 Å². The van der Waals surface area contributed by atoms with Crippen molar-refractivity contribution in [2.75, 3.05) is 37.5 Å². The summed E-state index contributed by atoms with van der Waals surface area (Å²) in [6.45, 7) is 8.79. The molecule has 2 heterocycles. The topological polar surface area (TPSA) is 67.9 Å². The van der Waals surface area contributed by atoms with Gasteiger partial charge in [-0.25, -0.2) is 4.21 Å². The molecule has 1 N–H and O–H groups in total. The first-order chi connectivity index (χ1) is 19.8. The predicted molar refractivity (Wildman–Crippen MR) is 167 cm³/mol. The molecule has 5 rings (SSSR count). The number of hydrogen-bond acceptors (Lipinski definition) is 5. The summed E-state index contributed by atoms with van der Waals surface area (Å²) in [7, 11) is 0.389. The minimum atomic E-state index is -1.46. The van der Waals surface area contributed by atoms with Crippen LogP contribution in [0.15, 0.2) is 36.4 Å². The van der Waals surface area contributed by atoms with Crippen molar-refractivity contribution in [2.45, 2.75) is 71.3 Å². The summed E-state index contributed by atoms with van der Waals surface area (Å²) < 4.78 is 28.4. The van der Waals surface area contributed by atoms with Crippen LogP contribution in [0.25, 0.3) is 0 Å². The summed E-state index contributed by atoms with van der Waals surface area (Å²) in [5.41, 5.74) is 4.01. The lowest BCUT2D eigenvalue weighted by Gasteiger charge is -2.45. The Morgan fingerprint density at radius 3 is 2.68 bits per heavy atom. The zero-order valence-electron chi connectivity index (χ0n) is 24.9. The maximum atomic E-state index is 13.3. The van der Waals surface area contributed by atoms with Crippen LogP contribution < -0.4 is 14.4 Å². The monoisotopic (exact) mass is 600 g/mol. The maximum absolute atomic E-state index is 13.3. The van der Waals surface area contributed by atoms with Crippen molar-refractivity contribution in [2.24, 2.45) is 23.7 Å². The number of anilines is 1. The second-order valence-electron chi connectivity index (χ2n) is 12.3. The van der Waals surface area contributed by atoms with Crippen LogP contribution in [-0.4, -0.2) is 48.8 Å². The van der Waals surface area contributed by atoms with E-state index in [1.807, 2.05) is 25.3 Å². The van der Waals surface area contributed by atoms with Gasteiger partial charge in [-0.05, 0) is 90.8 Å². The first-order valence-corrected chi connectivity index (χ1v) is 17.0. The van der Waals surface area contributed by atoms with Crippen molar-refractivity contribution in [3.8, 4) is 5.75 Å². The number of carbonyl (C=O) groups excluding carboxylic acids is 1. The molecule has 224 valence electrons. The molecule has 0 aromatic heterocycles. The number of hydrogen-bond donors (Lipinski definition) is 1.